The molecule has 1 unspecified atom stereocenters. The van der Waals surface area contributed by atoms with Crippen LogP contribution in [0.3, 0.4) is 0 Å². The zero-order valence-corrected chi connectivity index (χ0v) is 13.7. The van der Waals surface area contributed by atoms with Crippen LogP contribution in [-0.4, -0.2) is 31.0 Å². The molecule has 1 heterocycles. The first-order valence-corrected chi connectivity index (χ1v) is 8.50. The Kier molecular flexibility index (Phi) is 6.49. The first-order chi connectivity index (χ1) is 10.1. The standard InChI is InChI=1S/C17H25NO2S/c1-13(2)4-3-8-20-12-16(19)11-18-15-5-6-17-14(10-15)7-9-21-17/h5-7,9-10,13,16,18-19H,3-4,8,11-12H2,1-2H3. The fraction of sp³-hybridized carbons (Fsp3) is 0.529. The molecule has 0 spiro atoms. The second kappa shape index (κ2) is 8.37. The highest BCUT2D eigenvalue weighted by molar-refractivity contribution is 7.17. The summed E-state index contributed by atoms with van der Waals surface area (Å²) in [5.41, 5.74) is 1.04. The van der Waals surface area contributed by atoms with E-state index in [1.54, 1.807) is 11.3 Å². The van der Waals surface area contributed by atoms with E-state index in [1.807, 2.05) is 0 Å². The third-order valence-corrected chi connectivity index (χ3v) is 4.27. The van der Waals surface area contributed by atoms with Gasteiger partial charge in [0, 0.05) is 23.5 Å². The molecule has 0 bridgehead atoms. The van der Waals surface area contributed by atoms with Crippen LogP contribution in [0.2, 0.25) is 0 Å². The van der Waals surface area contributed by atoms with Gasteiger partial charge in [-0.25, -0.2) is 0 Å². The minimum Gasteiger partial charge on any atom is -0.389 e. The normalized spacial score (nSPS) is 13.0. The van der Waals surface area contributed by atoms with Crippen molar-refractivity contribution in [3.05, 3.63) is 29.6 Å². The molecule has 0 amide bonds. The van der Waals surface area contributed by atoms with Crippen molar-refractivity contribution in [1.29, 1.82) is 0 Å². The molecule has 1 atom stereocenters. The van der Waals surface area contributed by atoms with E-state index in [2.05, 4.69) is 48.8 Å². The van der Waals surface area contributed by atoms with Crippen molar-refractivity contribution in [3.63, 3.8) is 0 Å². The zero-order valence-electron chi connectivity index (χ0n) is 12.8. The third-order valence-electron chi connectivity index (χ3n) is 3.37. The third kappa shape index (κ3) is 5.65. The zero-order chi connectivity index (χ0) is 15.1. The highest BCUT2D eigenvalue weighted by Crippen LogP contribution is 2.23. The first kappa shape index (κ1) is 16.3. The van der Waals surface area contributed by atoms with E-state index in [4.69, 9.17) is 4.74 Å². The van der Waals surface area contributed by atoms with Crippen LogP contribution in [0.4, 0.5) is 5.69 Å². The molecule has 0 fully saturated rings. The van der Waals surface area contributed by atoms with Gasteiger partial charge in [-0.15, -0.1) is 11.3 Å². The number of anilines is 1. The van der Waals surface area contributed by atoms with Crippen LogP contribution < -0.4 is 5.32 Å². The smallest absolute Gasteiger partial charge is 0.0945 e. The number of fused-ring (bicyclic) bond motifs is 1. The summed E-state index contributed by atoms with van der Waals surface area (Å²) in [5, 5.41) is 16.5. The maximum atomic E-state index is 9.91. The Balaban J connectivity index is 1.65. The Morgan fingerprint density at radius 2 is 2.14 bits per heavy atom. The van der Waals surface area contributed by atoms with Gasteiger partial charge in [0.25, 0.3) is 0 Å². The van der Waals surface area contributed by atoms with Crippen molar-refractivity contribution in [3.8, 4) is 0 Å². The lowest BCUT2D eigenvalue weighted by Gasteiger charge is -2.13. The summed E-state index contributed by atoms with van der Waals surface area (Å²) < 4.78 is 6.79. The lowest BCUT2D eigenvalue weighted by Crippen LogP contribution is -2.25. The van der Waals surface area contributed by atoms with Gasteiger partial charge in [-0.05, 0) is 53.8 Å². The molecule has 1 aromatic heterocycles. The molecular weight excluding hydrogens is 282 g/mol. The molecule has 0 saturated heterocycles. The van der Waals surface area contributed by atoms with Crippen molar-refractivity contribution < 1.29 is 9.84 Å². The lowest BCUT2D eigenvalue weighted by atomic mass is 10.1. The Hall–Kier alpha value is -1.10. The molecule has 21 heavy (non-hydrogen) atoms. The van der Waals surface area contributed by atoms with Crippen molar-refractivity contribution in [2.45, 2.75) is 32.8 Å². The average Bonchev–Trinajstić information content (AvgIpc) is 2.92. The maximum Gasteiger partial charge on any atom is 0.0945 e. The van der Waals surface area contributed by atoms with Gasteiger partial charge < -0.3 is 15.2 Å². The van der Waals surface area contributed by atoms with Gasteiger partial charge in [-0.2, -0.15) is 0 Å². The van der Waals surface area contributed by atoms with E-state index < -0.39 is 6.10 Å². The molecule has 2 rings (SSSR count). The molecule has 2 aromatic rings. The number of aliphatic hydroxyl groups is 1. The molecule has 0 aliphatic rings. The van der Waals surface area contributed by atoms with Gasteiger partial charge in [-0.1, -0.05) is 13.8 Å². The van der Waals surface area contributed by atoms with E-state index in [0.29, 0.717) is 19.1 Å². The summed E-state index contributed by atoms with van der Waals surface area (Å²) in [6.45, 7) is 6.06. The number of rotatable bonds is 9. The summed E-state index contributed by atoms with van der Waals surface area (Å²) in [5.74, 6) is 0.715. The predicted octanol–water partition coefficient (Wildman–Crippen LogP) is 4.13. The number of aliphatic hydroxyl groups excluding tert-OH is 1. The monoisotopic (exact) mass is 307 g/mol. The fourth-order valence-corrected chi connectivity index (χ4v) is 2.96. The molecule has 116 valence electrons. The van der Waals surface area contributed by atoms with Crippen LogP contribution in [-0.2, 0) is 4.74 Å². The van der Waals surface area contributed by atoms with Gasteiger partial charge in [-0.3, -0.25) is 0 Å². The van der Waals surface area contributed by atoms with Crippen LogP contribution in [0.25, 0.3) is 10.1 Å². The van der Waals surface area contributed by atoms with E-state index in [-0.39, 0.29) is 0 Å². The highest BCUT2D eigenvalue weighted by Gasteiger charge is 2.05. The van der Waals surface area contributed by atoms with Crippen LogP contribution in [0.5, 0.6) is 0 Å². The molecule has 2 N–H and O–H groups in total. The average molecular weight is 307 g/mol. The number of benzene rings is 1. The van der Waals surface area contributed by atoms with Gasteiger partial charge >= 0.3 is 0 Å². The Morgan fingerprint density at radius 1 is 1.29 bits per heavy atom. The van der Waals surface area contributed by atoms with Crippen LogP contribution >= 0.6 is 11.3 Å². The lowest BCUT2D eigenvalue weighted by molar-refractivity contribution is 0.0409. The molecule has 4 heteroatoms. The number of thiophene rings is 1. The van der Waals surface area contributed by atoms with E-state index in [9.17, 15) is 5.11 Å². The van der Waals surface area contributed by atoms with Crippen molar-refractivity contribution in [2.24, 2.45) is 5.92 Å². The minimum absolute atomic E-state index is 0.395. The molecule has 3 nitrogen and oxygen atoms in total. The van der Waals surface area contributed by atoms with Gasteiger partial charge in [0.05, 0.1) is 12.7 Å². The Labute approximate surface area is 130 Å². The molecular formula is C17H25NO2S. The van der Waals surface area contributed by atoms with Crippen LogP contribution in [0, 0.1) is 5.92 Å². The summed E-state index contributed by atoms with van der Waals surface area (Å²) in [4.78, 5) is 0. The second-order valence-corrected chi connectivity index (χ2v) is 6.77. The van der Waals surface area contributed by atoms with Crippen molar-refractivity contribution in [1.82, 2.24) is 0 Å². The number of hydrogen-bond donors (Lipinski definition) is 2. The number of hydrogen-bond acceptors (Lipinski definition) is 4. The van der Waals surface area contributed by atoms with Gasteiger partial charge in [0.2, 0.25) is 0 Å². The molecule has 0 saturated carbocycles. The molecule has 0 aliphatic heterocycles. The summed E-state index contributed by atoms with van der Waals surface area (Å²) >= 11 is 1.74. The summed E-state index contributed by atoms with van der Waals surface area (Å²) in [7, 11) is 0. The van der Waals surface area contributed by atoms with Crippen molar-refractivity contribution in [2.75, 3.05) is 25.1 Å². The van der Waals surface area contributed by atoms with Gasteiger partial charge in [0.1, 0.15) is 0 Å². The molecule has 0 aliphatic carbocycles. The maximum absolute atomic E-state index is 9.91. The van der Waals surface area contributed by atoms with E-state index in [1.165, 1.54) is 16.5 Å². The van der Waals surface area contributed by atoms with Crippen LogP contribution in [0.15, 0.2) is 29.6 Å². The Morgan fingerprint density at radius 3 is 2.95 bits per heavy atom. The second-order valence-electron chi connectivity index (χ2n) is 5.82. The number of nitrogens with one attached hydrogen (secondary N) is 1. The van der Waals surface area contributed by atoms with E-state index >= 15 is 0 Å². The quantitative estimate of drug-likeness (QED) is 0.685. The molecule has 1 aromatic carbocycles. The summed E-state index contributed by atoms with van der Waals surface area (Å²) in [6, 6.07) is 8.38. The topological polar surface area (TPSA) is 41.5 Å². The minimum atomic E-state index is -0.470. The first-order valence-electron chi connectivity index (χ1n) is 7.62. The highest BCUT2D eigenvalue weighted by atomic mass is 32.1. The fourth-order valence-electron chi connectivity index (χ4n) is 2.18. The summed E-state index contributed by atoms with van der Waals surface area (Å²) in [6.07, 6.45) is 1.77. The largest absolute Gasteiger partial charge is 0.389 e. The predicted molar refractivity (Wildman–Crippen MR) is 91.2 cm³/mol. The molecule has 0 radical (unpaired) electrons. The van der Waals surface area contributed by atoms with E-state index in [0.717, 1.165) is 18.7 Å². The Bertz CT molecular complexity index is 538. The number of ether oxygens (including phenoxy) is 1. The van der Waals surface area contributed by atoms with Crippen molar-refractivity contribution >= 4 is 27.1 Å². The van der Waals surface area contributed by atoms with Gasteiger partial charge in [0.15, 0.2) is 0 Å². The van der Waals surface area contributed by atoms with Crippen LogP contribution in [0.1, 0.15) is 26.7 Å². The SMILES string of the molecule is CC(C)CCCOCC(O)CNc1ccc2sccc2c1.